The summed E-state index contributed by atoms with van der Waals surface area (Å²) >= 11 is 1.66. The van der Waals surface area contributed by atoms with Crippen molar-refractivity contribution in [2.75, 3.05) is 0 Å². The lowest BCUT2D eigenvalue weighted by Gasteiger charge is -2.01. The van der Waals surface area contributed by atoms with Crippen LogP contribution in [0.5, 0.6) is 5.75 Å². The molecule has 0 radical (unpaired) electrons. The van der Waals surface area contributed by atoms with Gasteiger partial charge in [0.1, 0.15) is 17.0 Å². The standard InChI is InChI=1S/C22H14N6OS/c29-14-5-13(7-23-8-14)17-1-2-18-21(26-17)22(28-27-18)19-6-15-16(12-3-4-30-11-12)9-24-10-20(15)25-19/h1-11,25,29H,(H,27,28). The predicted octanol–water partition coefficient (Wildman–Crippen LogP) is 5.00. The second kappa shape index (κ2) is 6.50. The third kappa shape index (κ3) is 2.66. The molecule has 0 unspecified atom stereocenters. The van der Waals surface area contributed by atoms with Crippen molar-refractivity contribution in [1.29, 1.82) is 0 Å². The number of hydrogen-bond acceptors (Lipinski definition) is 6. The summed E-state index contributed by atoms with van der Waals surface area (Å²) in [6, 6.07) is 9.63. The first-order chi connectivity index (χ1) is 14.8. The lowest BCUT2D eigenvalue weighted by atomic mass is 10.1. The van der Waals surface area contributed by atoms with Gasteiger partial charge in [-0.05, 0) is 46.7 Å². The summed E-state index contributed by atoms with van der Waals surface area (Å²) in [7, 11) is 0. The Kier molecular flexibility index (Phi) is 3.65. The van der Waals surface area contributed by atoms with Crippen LogP contribution >= 0.6 is 11.3 Å². The molecule has 3 N–H and O–H groups in total. The van der Waals surface area contributed by atoms with Crippen molar-refractivity contribution in [2.24, 2.45) is 0 Å². The summed E-state index contributed by atoms with van der Waals surface area (Å²) in [6.45, 7) is 0. The van der Waals surface area contributed by atoms with Gasteiger partial charge in [0.2, 0.25) is 0 Å². The maximum Gasteiger partial charge on any atom is 0.135 e. The topological polar surface area (TPSA) is 103 Å². The van der Waals surface area contributed by atoms with Crippen molar-refractivity contribution in [1.82, 2.24) is 30.1 Å². The monoisotopic (exact) mass is 410 g/mol. The Balaban J connectivity index is 1.52. The molecule has 0 aliphatic carbocycles. The molecule has 0 spiro atoms. The van der Waals surface area contributed by atoms with E-state index in [1.165, 1.54) is 6.20 Å². The van der Waals surface area contributed by atoms with Gasteiger partial charge in [-0.1, -0.05) is 0 Å². The number of aromatic hydroxyl groups is 1. The van der Waals surface area contributed by atoms with Crippen molar-refractivity contribution in [3.8, 4) is 39.5 Å². The number of rotatable bonds is 3. The Morgan fingerprint density at radius 1 is 0.900 bits per heavy atom. The normalized spacial score (nSPS) is 11.5. The van der Waals surface area contributed by atoms with Crippen molar-refractivity contribution in [3.63, 3.8) is 0 Å². The maximum absolute atomic E-state index is 9.75. The van der Waals surface area contributed by atoms with Crippen LogP contribution in [0, 0.1) is 0 Å². The molecule has 6 heterocycles. The van der Waals surface area contributed by atoms with Gasteiger partial charge < -0.3 is 10.1 Å². The number of nitrogens with one attached hydrogen (secondary N) is 2. The van der Waals surface area contributed by atoms with Crippen LogP contribution in [0.2, 0.25) is 0 Å². The molecule has 0 bridgehead atoms. The van der Waals surface area contributed by atoms with Crippen LogP contribution in [0.4, 0.5) is 0 Å². The molecule has 0 aliphatic rings. The zero-order chi connectivity index (χ0) is 20.1. The van der Waals surface area contributed by atoms with Gasteiger partial charge in [-0.3, -0.25) is 15.1 Å². The van der Waals surface area contributed by atoms with Gasteiger partial charge in [-0.2, -0.15) is 16.4 Å². The highest BCUT2D eigenvalue weighted by molar-refractivity contribution is 7.08. The summed E-state index contributed by atoms with van der Waals surface area (Å²) in [4.78, 5) is 16.6. The van der Waals surface area contributed by atoms with Crippen molar-refractivity contribution in [3.05, 3.63) is 65.9 Å². The van der Waals surface area contributed by atoms with Crippen LogP contribution < -0.4 is 0 Å². The number of H-pyrrole nitrogens is 2. The van der Waals surface area contributed by atoms with E-state index in [1.807, 2.05) is 24.5 Å². The van der Waals surface area contributed by atoms with Gasteiger partial charge in [0.15, 0.2) is 0 Å². The molecular formula is C22H14N6OS. The molecule has 7 nitrogen and oxygen atoms in total. The number of hydrogen-bond donors (Lipinski definition) is 3. The number of aromatic nitrogens is 6. The van der Waals surface area contributed by atoms with Gasteiger partial charge in [0, 0.05) is 28.9 Å². The molecule has 0 fully saturated rings. The molecule has 0 saturated carbocycles. The molecule has 6 aromatic rings. The smallest absolute Gasteiger partial charge is 0.135 e. The minimum absolute atomic E-state index is 0.103. The average Bonchev–Trinajstić information content (AvgIpc) is 3.51. The van der Waals surface area contributed by atoms with E-state index < -0.39 is 0 Å². The van der Waals surface area contributed by atoms with E-state index >= 15 is 0 Å². The number of fused-ring (bicyclic) bond motifs is 2. The summed E-state index contributed by atoms with van der Waals surface area (Å²) in [5, 5.41) is 22.6. The van der Waals surface area contributed by atoms with Crippen LogP contribution in [-0.2, 0) is 0 Å². The first-order valence-electron chi connectivity index (χ1n) is 9.25. The summed E-state index contributed by atoms with van der Waals surface area (Å²) in [6.07, 6.45) is 6.78. The first kappa shape index (κ1) is 16.9. The zero-order valence-corrected chi connectivity index (χ0v) is 16.3. The second-order valence-electron chi connectivity index (χ2n) is 6.94. The molecule has 6 rings (SSSR count). The minimum Gasteiger partial charge on any atom is -0.506 e. The van der Waals surface area contributed by atoms with Gasteiger partial charge in [-0.25, -0.2) is 4.98 Å². The fourth-order valence-corrected chi connectivity index (χ4v) is 4.30. The van der Waals surface area contributed by atoms with Crippen molar-refractivity contribution >= 4 is 33.3 Å². The summed E-state index contributed by atoms with van der Waals surface area (Å²) < 4.78 is 0. The number of nitrogens with zero attached hydrogens (tertiary/aromatic N) is 4. The highest BCUT2D eigenvalue weighted by Gasteiger charge is 2.16. The highest BCUT2D eigenvalue weighted by atomic mass is 32.1. The fourth-order valence-electron chi connectivity index (χ4n) is 3.64. The van der Waals surface area contributed by atoms with E-state index in [4.69, 9.17) is 4.98 Å². The van der Waals surface area contributed by atoms with E-state index in [-0.39, 0.29) is 5.75 Å². The van der Waals surface area contributed by atoms with E-state index in [0.29, 0.717) is 5.69 Å². The van der Waals surface area contributed by atoms with Gasteiger partial charge >= 0.3 is 0 Å². The largest absolute Gasteiger partial charge is 0.506 e. The molecule has 0 saturated heterocycles. The third-order valence-corrected chi connectivity index (χ3v) is 5.74. The fraction of sp³-hybridized carbons (Fsp3) is 0. The van der Waals surface area contributed by atoms with Crippen LogP contribution in [0.25, 0.3) is 55.7 Å². The van der Waals surface area contributed by atoms with E-state index in [1.54, 1.807) is 23.6 Å². The van der Waals surface area contributed by atoms with Gasteiger partial charge in [0.05, 0.1) is 34.8 Å². The Hall–Kier alpha value is -4.04. The van der Waals surface area contributed by atoms with Crippen LogP contribution in [0.1, 0.15) is 0 Å². The number of pyridine rings is 3. The average molecular weight is 410 g/mol. The van der Waals surface area contributed by atoms with Crippen LogP contribution in [-0.4, -0.2) is 35.2 Å². The van der Waals surface area contributed by atoms with Crippen LogP contribution in [0.3, 0.4) is 0 Å². The molecule has 30 heavy (non-hydrogen) atoms. The maximum atomic E-state index is 9.75. The van der Waals surface area contributed by atoms with E-state index in [0.717, 1.165) is 50.0 Å². The molecular weight excluding hydrogens is 396 g/mol. The van der Waals surface area contributed by atoms with E-state index in [9.17, 15) is 5.11 Å². The zero-order valence-electron chi connectivity index (χ0n) is 15.5. The third-order valence-electron chi connectivity index (χ3n) is 5.06. The van der Waals surface area contributed by atoms with Crippen molar-refractivity contribution in [2.45, 2.75) is 0 Å². The van der Waals surface area contributed by atoms with E-state index in [2.05, 4.69) is 48.0 Å². The SMILES string of the molecule is Oc1cncc(-c2ccc3[nH]nc(-c4cc5c(-c6ccsc6)cncc5[nH]4)c3n2)c1. The Bertz CT molecular complexity index is 1520. The lowest BCUT2D eigenvalue weighted by Crippen LogP contribution is -1.86. The first-order valence-corrected chi connectivity index (χ1v) is 10.2. The molecule has 8 heteroatoms. The summed E-state index contributed by atoms with van der Waals surface area (Å²) in [5.41, 5.74) is 7.78. The summed E-state index contributed by atoms with van der Waals surface area (Å²) in [5.74, 6) is 0.103. The molecule has 0 amide bonds. The minimum atomic E-state index is 0.103. The van der Waals surface area contributed by atoms with Crippen LogP contribution in [0.15, 0.2) is 65.9 Å². The van der Waals surface area contributed by atoms with Crippen molar-refractivity contribution < 1.29 is 5.11 Å². The number of thiophene rings is 1. The molecule has 144 valence electrons. The number of aromatic amines is 2. The molecule has 0 aromatic carbocycles. The van der Waals surface area contributed by atoms with Gasteiger partial charge in [-0.15, -0.1) is 0 Å². The highest BCUT2D eigenvalue weighted by Crippen LogP contribution is 2.34. The molecule has 6 aromatic heterocycles. The lowest BCUT2D eigenvalue weighted by molar-refractivity contribution is 0.473. The second-order valence-corrected chi connectivity index (χ2v) is 7.72. The quantitative estimate of drug-likeness (QED) is 0.381. The molecule has 0 atom stereocenters. The Morgan fingerprint density at radius 2 is 1.83 bits per heavy atom. The Morgan fingerprint density at radius 3 is 2.70 bits per heavy atom. The van der Waals surface area contributed by atoms with Gasteiger partial charge in [0.25, 0.3) is 0 Å². The molecule has 0 aliphatic heterocycles. The Labute approximate surface area is 174 Å². The predicted molar refractivity (Wildman–Crippen MR) is 117 cm³/mol.